The smallest absolute Gasteiger partial charge is 0.332 e. The van der Waals surface area contributed by atoms with Crippen molar-refractivity contribution in [2.75, 3.05) is 6.54 Å². The average Bonchev–Trinajstić information content (AvgIpc) is 2.88. The van der Waals surface area contributed by atoms with Crippen LogP contribution in [0.3, 0.4) is 0 Å². The molecule has 2 rings (SSSR count). The highest BCUT2D eigenvalue weighted by Crippen LogP contribution is 2.20. The molecule has 1 aromatic rings. The molecule has 0 saturated carbocycles. The Bertz CT molecular complexity index is 538. The maximum absolute atomic E-state index is 11.9. The molecule has 0 radical (unpaired) electrons. The number of aromatic nitrogens is 1. The van der Waals surface area contributed by atoms with E-state index in [1.807, 2.05) is 0 Å². The number of carboxylic acids is 1. The molecule has 1 aromatic heterocycles. The van der Waals surface area contributed by atoms with Crippen molar-refractivity contribution in [1.29, 1.82) is 0 Å². The predicted molar refractivity (Wildman–Crippen MR) is 72.1 cm³/mol. The third kappa shape index (κ3) is 3.59. The summed E-state index contributed by atoms with van der Waals surface area (Å²) in [6.07, 6.45) is 1.22. The molecular weight excluding hydrogens is 307 g/mol. The van der Waals surface area contributed by atoms with E-state index < -0.39 is 18.0 Å². The summed E-state index contributed by atoms with van der Waals surface area (Å²) in [7, 11) is 0. The number of carbonyl (C=O) groups excluding carboxylic acids is 1. The van der Waals surface area contributed by atoms with Gasteiger partial charge in [0.2, 0.25) is 0 Å². The molecule has 2 heterocycles. The second-order valence-electron chi connectivity index (χ2n) is 4.36. The normalized spacial score (nSPS) is 21.7. The van der Waals surface area contributed by atoms with Gasteiger partial charge in [-0.2, -0.15) is 0 Å². The number of pyridine rings is 1. The van der Waals surface area contributed by atoms with Crippen LogP contribution < -0.4 is 5.32 Å². The van der Waals surface area contributed by atoms with Gasteiger partial charge >= 0.3 is 5.97 Å². The first-order valence-corrected chi connectivity index (χ1v) is 6.70. The molecule has 0 aliphatic carbocycles. The highest BCUT2D eigenvalue weighted by Gasteiger charge is 2.30. The van der Waals surface area contributed by atoms with Crippen LogP contribution in [0.25, 0.3) is 0 Å². The number of nitrogens with zero attached hydrogens (tertiary/aromatic N) is 1. The molecule has 2 unspecified atom stereocenters. The van der Waals surface area contributed by atoms with Crippen molar-refractivity contribution >= 4 is 35.1 Å². The van der Waals surface area contributed by atoms with E-state index in [1.165, 1.54) is 12.3 Å². The summed E-state index contributed by atoms with van der Waals surface area (Å²) in [4.78, 5) is 26.4. The number of nitrogens with one attached hydrogen (secondary N) is 1. The summed E-state index contributed by atoms with van der Waals surface area (Å²) >= 11 is 11.6. The van der Waals surface area contributed by atoms with E-state index in [2.05, 4.69) is 10.3 Å². The molecule has 20 heavy (non-hydrogen) atoms. The predicted octanol–water partition coefficient (Wildman–Crippen LogP) is 1.75. The quantitative estimate of drug-likeness (QED) is 0.826. The van der Waals surface area contributed by atoms with E-state index in [0.29, 0.717) is 12.8 Å². The second-order valence-corrected chi connectivity index (χ2v) is 5.15. The Labute approximate surface area is 125 Å². The summed E-state index contributed by atoms with van der Waals surface area (Å²) in [5.41, 5.74) is 0.222. The van der Waals surface area contributed by atoms with Crippen molar-refractivity contribution < 1.29 is 19.4 Å². The first kappa shape index (κ1) is 15.0. The first-order valence-electron chi connectivity index (χ1n) is 5.95. The Hall–Kier alpha value is -1.37. The largest absolute Gasteiger partial charge is 0.479 e. The zero-order valence-electron chi connectivity index (χ0n) is 10.3. The average molecular weight is 319 g/mol. The van der Waals surface area contributed by atoms with E-state index in [0.717, 1.165) is 0 Å². The molecule has 1 saturated heterocycles. The van der Waals surface area contributed by atoms with Crippen molar-refractivity contribution in [3.05, 3.63) is 28.0 Å². The molecule has 2 atom stereocenters. The van der Waals surface area contributed by atoms with E-state index in [1.54, 1.807) is 0 Å². The minimum absolute atomic E-state index is 0.169. The number of hydrogen-bond donors (Lipinski definition) is 2. The number of ether oxygens (including phenoxy) is 1. The molecule has 108 valence electrons. The van der Waals surface area contributed by atoms with Gasteiger partial charge in [0.05, 0.1) is 16.7 Å². The van der Waals surface area contributed by atoms with E-state index in [9.17, 15) is 9.59 Å². The van der Waals surface area contributed by atoms with Gasteiger partial charge in [-0.15, -0.1) is 0 Å². The summed E-state index contributed by atoms with van der Waals surface area (Å²) in [5.74, 6) is -1.38. The van der Waals surface area contributed by atoms with Crippen LogP contribution >= 0.6 is 23.2 Å². The maximum Gasteiger partial charge on any atom is 0.332 e. The van der Waals surface area contributed by atoms with Crippen LogP contribution in [0, 0.1) is 0 Å². The number of aliphatic carboxylic acids is 1. The molecule has 1 fully saturated rings. The fourth-order valence-electron chi connectivity index (χ4n) is 1.93. The lowest BCUT2D eigenvalue weighted by atomic mass is 10.2. The highest BCUT2D eigenvalue weighted by atomic mass is 35.5. The van der Waals surface area contributed by atoms with E-state index >= 15 is 0 Å². The van der Waals surface area contributed by atoms with Crippen LogP contribution in [0.15, 0.2) is 12.3 Å². The Kier molecular flexibility index (Phi) is 4.80. The van der Waals surface area contributed by atoms with Crippen molar-refractivity contribution in [1.82, 2.24) is 10.3 Å². The second kappa shape index (κ2) is 6.39. The molecule has 2 N–H and O–H groups in total. The zero-order chi connectivity index (χ0) is 14.7. The minimum Gasteiger partial charge on any atom is -0.479 e. The van der Waals surface area contributed by atoms with Crippen LogP contribution in [-0.2, 0) is 9.53 Å². The Morgan fingerprint density at radius 1 is 1.45 bits per heavy atom. The molecule has 1 aliphatic rings. The van der Waals surface area contributed by atoms with Gasteiger partial charge in [-0.3, -0.25) is 4.79 Å². The van der Waals surface area contributed by atoms with Crippen LogP contribution in [-0.4, -0.2) is 40.7 Å². The maximum atomic E-state index is 11.9. The van der Waals surface area contributed by atoms with Crippen molar-refractivity contribution in [2.45, 2.75) is 25.0 Å². The molecule has 0 aromatic carbocycles. The number of halogens is 2. The monoisotopic (exact) mass is 318 g/mol. The number of rotatable bonds is 4. The van der Waals surface area contributed by atoms with Gasteiger partial charge < -0.3 is 15.2 Å². The van der Waals surface area contributed by atoms with Gasteiger partial charge in [0.25, 0.3) is 5.91 Å². The van der Waals surface area contributed by atoms with Gasteiger partial charge in [-0.25, -0.2) is 9.78 Å². The highest BCUT2D eigenvalue weighted by molar-refractivity contribution is 6.35. The fraction of sp³-hybridized carbons (Fsp3) is 0.417. The summed E-state index contributed by atoms with van der Waals surface area (Å²) in [6, 6.07) is 1.37. The topological polar surface area (TPSA) is 88.5 Å². The third-order valence-electron chi connectivity index (χ3n) is 2.94. The molecule has 0 bridgehead atoms. The number of carbonyl (C=O) groups is 2. The third-order valence-corrected chi connectivity index (χ3v) is 3.45. The van der Waals surface area contributed by atoms with Gasteiger partial charge in [0, 0.05) is 12.7 Å². The van der Waals surface area contributed by atoms with Gasteiger partial charge in [-0.05, 0) is 18.9 Å². The van der Waals surface area contributed by atoms with Crippen LogP contribution in [0.5, 0.6) is 0 Å². The van der Waals surface area contributed by atoms with Gasteiger partial charge in [0.15, 0.2) is 6.10 Å². The van der Waals surface area contributed by atoms with Crippen molar-refractivity contribution in [3.8, 4) is 0 Å². The Morgan fingerprint density at radius 3 is 2.85 bits per heavy atom. The lowest BCUT2D eigenvalue weighted by molar-refractivity contribution is -0.149. The number of hydrogen-bond acceptors (Lipinski definition) is 4. The molecular formula is C12H12Cl2N2O4. The number of amides is 1. The minimum atomic E-state index is -0.984. The van der Waals surface area contributed by atoms with Gasteiger partial charge in [-0.1, -0.05) is 23.2 Å². The summed E-state index contributed by atoms with van der Waals surface area (Å²) in [5, 5.41) is 11.8. The van der Waals surface area contributed by atoms with Crippen LogP contribution in [0.2, 0.25) is 10.2 Å². The SMILES string of the molecule is O=C(NCC1CCC(C(=O)O)O1)c1cc(Cl)ncc1Cl. The molecule has 6 nitrogen and oxygen atoms in total. The van der Waals surface area contributed by atoms with E-state index in [-0.39, 0.29) is 28.4 Å². The van der Waals surface area contributed by atoms with Crippen LogP contribution in [0.1, 0.15) is 23.2 Å². The molecule has 0 spiro atoms. The van der Waals surface area contributed by atoms with Crippen molar-refractivity contribution in [2.24, 2.45) is 0 Å². The van der Waals surface area contributed by atoms with Gasteiger partial charge in [0.1, 0.15) is 5.15 Å². The molecule has 8 heteroatoms. The Morgan fingerprint density at radius 2 is 2.20 bits per heavy atom. The lowest BCUT2D eigenvalue weighted by Gasteiger charge is -2.12. The lowest BCUT2D eigenvalue weighted by Crippen LogP contribution is -2.33. The number of carboxylic acid groups (broad SMARTS) is 1. The standard InChI is InChI=1S/C12H12Cl2N2O4/c13-8-5-15-10(14)3-7(8)11(17)16-4-6-1-2-9(20-6)12(18)19/h3,5-6,9H,1-2,4H2,(H,16,17)(H,18,19). The summed E-state index contributed by atoms with van der Waals surface area (Å²) in [6.45, 7) is 0.221. The molecule has 1 aliphatic heterocycles. The van der Waals surface area contributed by atoms with E-state index in [4.69, 9.17) is 33.0 Å². The van der Waals surface area contributed by atoms with Crippen molar-refractivity contribution in [3.63, 3.8) is 0 Å². The Balaban J connectivity index is 1.90. The van der Waals surface area contributed by atoms with Crippen LogP contribution in [0.4, 0.5) is 0 Å². The molecule has 1 amide bonds. The summed E-state index contributed by atoms with van der Waals surface area (Å²) < 4.78 is 5.28. The first-order chi connectivity index (χ1) is 9.47. The zero-order valence-corrected chi connectivity index (χ0v) is 11.8. The fourth-order valence-corrected chi connectivity index (χ4v) is 2.27.